The van der Waals surface area contributed by atoms with Crippen LogP contribution >= 0.6 is 0 Å². The molecule has 6 nitrogen and oxygen atoms in total. The van der Waals surface area contributed by atoms with E-state index in [2.05, 4.69) is 124 Å². The van der Waals surface area contributed by atoms with Gasteiger partial charge in [-0.05, 0) is 109 Å². The van der Waals surface area contributed by atoms with E-state index in [1.54, 1.807) is 0 Å². The van der Waals surface area contributed by atoms with Gasteiger partial charge < -0.3 is 14.2 Å². The van der Waals surface area contributed by atoms with Gasteiger partial charge in [-0.25, -0.2) is 0 Å². The van der Waals surface area contributed by atoms with Crippen molar-refractivity contribution < 1.29 is 28.6 Å². The van der Waals surface area contributed by atoms with Gasteiger partial charge in [0.05, 0.1) is 0 Å². The number of carbonyl (C=O) groups excluding carboxylic acids is 3. The summed E-state index contributed by atoms with van der Waals surface area (Å²) in [6.45, 7) is 6.35. The number of ether oxygens (including phenoxy) is 3. The molecule has 0 aliphatic heterocycles. The number of esters is 3. The van der Waals surface area contributed by atoms with Crippen LogP contribution < -0.4 is 0 Å². The molecule has 0 heterocycles. The molecule has 0 N–H and O–H groups in total. The van der Waals surface area contributed by atoms with Crippen molar-refractivity contribution in [3.8, 4) is 0 Å². The molecule has 0 fully saturated rings. The number of allylic oxidation sites excluding steroid dienone is 18. The monoisotopic (exact) mass is 1080 g/mol. The summed E-state index contributed by atoms with van der Waals surface area (Å²) in [6.07, 6.45) is 90.0. The van der Waals surface area contributed by atoms with Gasteiger partial charge in [0.15, 0.2) is 6.10 Å². The molecule has 0 aliphatic carbocycles. The van der Waals surface area contributed by atoms with E-state index < -0.39 is 6.10 Å². The lowest BCUT2D eigenvalue weighted by molar-refractivity contribution is -0.166. The summed E-state index contributed by atoms with van der Waals surface area (Å²) < 4.78 is 16.8. The molecule has 0 aromatic heterocycles. The number of carbonyl (C=O) groups is 3. The SMILES string of the molecule is CC/C=C\C/C=C\C/C=C\C/C=C\CCCCCCCCCCCCCCCCCCCCCCC(=O)OCC(COC(=O)CC/C=C\C/C=C\C/C=C\C/C=C\CC)OC(=O)CCCCCCC/C=C\CCCCCCC. The van der Waals surface area contributed by atoms with Gasteiger partial charge in [0, 0.05) is 19.3 Å². The van der Waals surface area contributed by atoms with E-state index in [0.29, 0.717) is 19.3 Å². The third kappa shape index (κ3) is 62.9. The number of unbranched alkanes of at least 4 members (excludes halogenated alkanes) is 30. The quantitative estimate of drug-likeness (QED) is 0.0261. The third-order valence-corrected chi connectivity index (χ3v) is 14.0. The van der Waals surface area contributed by atoms with Crippen LogP contribution in [0.2, 0.25) is 0 Å². The van der Waals surface area contributed by atoms with Crippen LogP contribution in [0.15, 0.2) is 109 Å². The lowest BCUT2D eigenvalue weighted by Crippen LogP contribution is -2.30. The molecule has 446 valence electrons. The van der Waals surface area contributed by atoms with Gasteiger partial charge in [-0.1, -0.05) is 291 Å². The number of hydrogen-bond donors (Lipinski definition) is 0. The zero-order chi connectivity index (χ0) is 56.4. The summed E-state index contributed by atoms with van der Waals surface area (Å²) in [5, 5.41) is 0. The second-order valence-corrected chi connectivity index (χ2v) is 21.6. The Morgan fingerprint density at radius 2 is 0.526 bits per heavy atom. The minimum absolute atomic E-state index is 0.101. The summed E-state index contributed by atoms with van der Waals surface area (Å²) in [7, 11) is 0. The fourth-order valence-electron chi connectivity index (χ4n) is 9.15. The minimum Gasteiger partial charge on any atom is -0.462 e. The van der Waals surface area contributed by atoms with Gasteiger partial charge in [-0.15, -0.1) is 0 Å². The topological polar surface area (TPSA) is 78.9 Å². The van der Waals surface area contributed by atoms with E-state index in [0.717, 1.165) is 103 Å². The first kappa shape index (κ1) is 74.1. The first-order chi connectivity index (χ1) is 38.5. The molecule has 1 atom stereocenters. The summed E-state index contributed by atoms with van der Waals surface area (Å²) in [5.74, 6) is -0.986. The Kier molecular flexibility index (Phi) is 62.3. The van der Waals surface area contributed by atoms with Gasteiger partial charge in [0.25, 0.3) is 0 Å². The van der Waals surface area contributed by atoms with Crippen molar-refractivity contribution in [1.29, 1.82) is 0 Å². The Labute approximate surface area is 482 Å². The molecule has 0 saturated heterocycles. The fraction of sp³-hybridized carbons (Fsp3) is 0.708. The molecule has 6 heteroatoms. The highest BCUT2D eigenvalue weighted by atomic mass is 16.6. The molecule has 0 saturated carbocycles. The van der Waals surface area contributed by atoms with Crippen LogP contribution in [-0.2, 0) is 28.6 Å². The van der Waals surface area contributed by atoms with Crippen LogP contribution in [-0.4, -0.2) is 37.2 Å². The van der Waals surface area contributed by atoms with Crippen molar-refractivity contribution in [3.63, 3.8) is 0 Å². The molecular weight excluding hydrogens is 961 g/mol. The highest BCUT2D eigenvalue weighted by molar-refractivity contribution is 5.71. The van der Waals surface area contributed by atoms with Gasteiger partial charge >= 0.3 is 17.9 Å². The van der Waals surface area contributed by atoms with Crippen LogP contribution in [0.3, 0.4) is 0 Å². The molecule has 1 unspecified atom stereocenters. The van der Waals surface area contributed by atoms with E-state index in [1.807, 2.05) is 6.08 Å². The molecule has 0 aliphatic rings. The molecule has 0 spiro atoms. The predicted octanol–water partition coefficient (Wildman–Crippen LogP) is 22.6. The minimum atomic E-state index is -0.810. The maximum absolute atomic E-state index is 12.9. The highest BCUT2D eigenvalue weighted by Gasteiger charge is 2.19. The molecule has 0 aromatic rings. The molecule has 0 amide bonds. The number of hydrogen-bond acceptors (Lipinski definition) is 6. The molecular formula is C72H122O6. The third-order valence-electron chi connectivity index (χ3n) is 14.0. The maximum Gasteiger partial charge on any atom is 0.306 e. The van der Waals surface area contributed by atoms with Crippen molar-refractivity contribution >= 4 is 17.9 Å². The van der Waals surface area contributed by atoms with E-state index in [1.165, 1.54) is 161 Å². The number of rotatable bonds is 59. The van der Waals surface area contributed by atoms with Gasteiger partial charge in [-0.2, -0.15) is 0 Å². The van der Waals surface area contributed by atoms with Crippen molar-refractivity contribution in [2.45, 2.75) is 316 Å². The first-order valence-corrected chi connectivity index (χ1v) is 32.9. The molecule has 0 bridgehead atoms. The van der Waals surface area contributed by atoms with Crippen LogP contribution in [0.25, 0.3) is 0 Å². The lowest BCUT2D eigenvalue weighted by atomic mass is 10.0. The second-order valence-electron chi connectivity index (χ2n) is 21.6. The Morgan fingerprint density at radius 3 is 0.872 bits per heavy atom. The van der Waals surface area contributed by atoms with Gasteiger partial charge in [0.1, 0.15) is 13.2 Å². The summed E-state index contributed by atoms with van der Waals surface area (Å²) in [6, 6.07) is 0. The Balaban J connectivity index is 4.16. The van der Waals surface area contributed by atoms with E-state index in [9.17, 15) is 14.4 Å². The fourth-order valence-corrected chi connectivity index (χ4v) is 9.15. The van der Waals surface area contributed by atoms with Gasteiger partial charge in [-0.3, -0.25) is 14.4 Å². The second kappa shape index (κ2) is 65.6. The Bertz CT molecular complexity index is 1570. The lowest BCUT2D eigenvalue weighted by Gasteiger charge is -2.18. The van der Waals surface area contributed by atoms with Crippen molar-refractivity contribution in [2.75, 3.05) is 13.2 Å². The standard InChI is InChI=1S/C72H122O6/c1-4-7-10-13-16-19-22-25-27-28-29-30-31-32-33-34-35-36-37-38-39-40-41-42-43-44-45-48-50-53-56-59-62-65-71(74)77-68-69(67-76-70(73)64-61-58-55-52-49-46-24-21-18-15-12-9-6-3)78-72(75)66-63-60-57-54-51-47-26-23-20-17-14-11-8-5-2/h7,9-10,12,16,18-19,21,23,25-27,29-30,46,49,55,58,69H,4-6,8,11,13-15,17,20,22,24,28,31-45,47-48,50-54,56-57,59-68H2,1-3H3/b10-7-,12-9-,19-16-,21-18-,26-23-,27-25-,30-29-,49-46-,58-55-. The Hall–Kier alpha value is -3.93. The van der Waals surface area contributed by atoms with Crippen molar-refractivity contribution in [2.24, 2.45) is 0 Å². The average molecular weight is 1080 g/mol. The van der Waals surface area contributed by atoms with E-state index in [-0.39, 0.29) is 37.5 Å². The summed E-state index contributed by atoms with van der Waals surface area (Å²) in [5.41, 5.74) is 0. The van der Waals surface area contributed by atoms with E-state index >= 15 is 0 Å². The normalized spacial score (nSPS) is 12.8. The van der Waals surface area contributed by atoms with Crippen LogP contribution in [0.4, 0.5) is 0 Å². The van der Waals surface area contributed by atoms with Crippen LogP contribution in [0.1, 0.15) is 310 Å². The van der Waals surface area contributed by atoms with Crippen molar-refractivity contribution in [1.82, 2.24) is 0 Å². The maximum atomic E-state index is 12.9. The average Bonchev–Trinajstić information content (AvgIpc) is 3.44. The highest BCUT2D eigenvalue weighted by Crippen LogP contribution is 2.17. The zero-order valence-electron chi connectivity index (χ0n) is 51.2. The summed E-state index contributed by atoms with van der Waals surface area (Å²) >= 11 is 0. The van der Waals surface area contributed by atoms with E-state index in [4.69, 9.17) is 14.2 Å². The first-order valence-electron chi connectivity index (χ1n) is 32.9. The smallest absolute Gasteiger partial charge is 0.306 e. The van der Waals surface area contributed by atoms with Gasteiger partial charge in [0.2, 0.25) is 0 Å². The molecule has 78 heavy (non-hydrogen) atoms. The van der Waals surface area contributed by atoms with Crippen LogP contribution in [0, 0.1) is 0 Å². The largest absolute Gasteiger partial charge is 0.462 e. The molecule has 0 aromatic carbocycles. The zero-order valence-corrected chi connectivity index (χ0v) is 51.2. The predicted molar refractivity (Wildman–Crippen MR) is 339 cm³/mol. The van der Waals surface area contributed by atoms with Crippen molar-refractivity contribution in [3.05, 3.63) is 109 Å². The Morgan fingerprint density at radius 1 is 0.269 bits per heavy atom. The summed E-state index contributed by atoms with van der Waals surface area (Å²) in [4.78, 5) is 38.2. The van der Waals surface area contributed by atoms with Crippen LogP contribution in [0.5, 0.6) is 0 Å². The molecule has 0 radical (unpaired) electrons. The molecule has 0 rings (SSSR count).